The minimum absolute atomic E-state index is 0.0189. The Morgan fingerprint density at radius 2 is 1.91 bits per heavy atom. The zero-order valence-corrected chi connectivity index (χ0v) is 27.6. The highest BCUT2D eigenvalue weighted by Gasteiger charge is 2.36. The first-order chi connectivity index (χ1) is 20.8. The molecule has 3 aromatic heterocycles. The fourth-order valence-electron chi connectivity index (χ4n) is 5.13. The summed E-state index contributed by atoms with van der Waals surface area (Å²) in [5, 5.41) is 0.590. The molecule has 1 fully saturated rings. The molecule has 0 radical (unpaired) electrons. The standard InChI is InChI=1S/C31H34ClN5O5S2/c1-19-7-6-8-26(34-19)20-9-10-23(25(32)16-20)24-15-21-17-33-29(43-5)35-27(21)37(28(24)38)12-11-22-18-36(13-14-44(22,40)41)30(39)42-31(2,3)4/h6-10,15-17,22H,11-14,18H2,1-5H3. The molecule has 232 valence electrons. The lowest BCUT2D eigenvalue weighted by Crippen LogP contribution is -2.50. The second-order valence-corrected chi connectivity index (χ2v) is 15.3. The van der Waals surface area contributed by atoms with Gasteiger partial charge in [0.15, 0.2) is 15.0 Å². The molecule has 13 heteroatoms. The quantitative estimate of drug-likeness (QED) is 0.192. The van der Waals surface area contributed by atoms with Crippen LogP contribution in [0, 0.1) is 6.92 Å². The number of aromatic nitrogens is 4. The van der Waals surface area contributed by atoms with Crippen LogP contribution in [0.3, 0.4) is 0 Å². The van der Waals surface area contributed by atoms with Crippen LogP contribution in [0.1, 0.15) is 32.9 Å². The molecular formula is C31H34ClN5O5S2. The molecule has 1 aliphatic heterocycles. The first kappa shape index (κ1) is 31.9. The lowest BCUT2D eigenvalue weighted by molar-refractivity contribution is 0.0252. The van der Waals surface area contributed by atoms with Crippen LogP contribution >= 0.6 is 23.4 Å². The number of fused-ring (bicyclic) bond motifs is 1. The molecule has 0 spiro atoms. The van der Waals surface area contributed by atoms with Gasteiger partial charge in [-0.05, 0) is 64.6 Å². The SMILES string of the molecule is CSc1ncc2cc(-c3ccc(-c4cccc(C)n4)cc3Cl)c(=O)n(CCC3CN(C(=O)OC(C)(C)C)CCS3(=O)=O)c2n1. The van der Waals surface area contributed by atoms with E-state index < -0.39 is 26.8 Å². The molecule has 1 aromatic carbocycles. The van der Waals surface area contributed by atoms with E-state index in [0.717, 1.165) is 17.0 Å². The van der Waals surface area contributed by atoms with Gasteiger partial charge < -0.3 is 9.64 Å². The number of nitrogens with zero attached hydrogens (tertiary/aromatic N) is 5. The Balaban J connectivity index is 1.52. The summed E-state index contributed by atoms with van der Waals surface area (Å²) in [5.41, 5.74) is 2.65. The van der Waals surface area contributed by atoms with Gasteiger partial charge in [0.05, 0.1) is 16.7 Å². The Labute approximate surface area is 265 Å². The molecule has 1 amide bonds. The number of rotatable bonds is 6. The summed E-state index contributed by atoms with van der Waals surface area (Å²) in [5.74, 6) is -0.177. The number of halogens is 1. The van der Waals surface area contributed by atoms with Crippen LogP contribution in [-0.4, -0.2) is 74.9 Å². The summed E-state index contributed by atoms with van der Waals surface area (Å²) in [6.45, 7) is 7.29. The number of benzene rings is 1. The van der Waals surface area contributed by atoms with Gasteiger partial charge in [-0.3, -0.25) is 14.3 Å². The number of hydrogen-bond donors (Lipinski definition) is 0. The van der Waals surface area contributed by atoms with E-state index in [9.17, 15) is 18.0 Å². The highest BCUT2D eigenvalue weighted by molar-refractivity contribution is 7.98. The normalized spacial score (nSPS) is 16.7. The van der Waals surface area contributed by atoms with Gasteiger partial charge >= 0.3 is 6.09 Å². The van der Waals surface area contributed by atoms with Gasteiger partial charge in [0.2, 0.25) is 0 Å². The third-order valence-corrected chi connectivity index (χ3v) is 10.4. The summed E-state index contributed by atoms with van der Waals surface area (Å²) in [6.07, 6.45) is 3.03. The van der Waals surface area contributed by atoms with Crippen molar-refractivity contribution in [2.75, 3.05) is 25.1 Å². The largest absolute Gasteiger partial charge is 0.444 e. The lowest BCUT2D eigenvalue weighted by Gasteiger charge is -2.34. The van der Waals surface area contributed by atoms with E-state index in [1.165, 1.54) is 21.2 Å². The van der Waals surface area contributed by atoms with E-state index in [4.69, 9.17) is 16.3 Å². The van der Waals surface area contributed by atoms with Crippen LogP contribution < -0.4 is 5.56 Å². The summed E-state index contributed by atoms with van der Waals surface area (Å²) < 4.78 is 33.1. The molecule has 5 rings (SSSR count). The van der Waals surface area contributed by atoms with E-state index in [1.807, 2.05) is 37.4 Å². The zero-order valence-electron chi connectivity index (χ0n) is 25.2. The molecule has 10 nitrogen and oxygen atoms in total. The smallest absolute Gasteiger partial charge is 0.410 e. The van der Waals surface area contributed by atoms with Gasteiger partial charge in [0.25, 0.3) is 5.56 Å². The van der Waals surface area contributed by atoms with Crippen LogP contribution in [0.15, 0.2) is 58.6 Å². The van der Waals surface area contributed by atoms with Crippen molar-refractivity contribution in [3.8, 4) is 22.4 Å². The number of aryl methyl sites for hydroxylation is 2. The molecule has 4 heterocycles. The maximum atomic E-state index is 14.1. The van der Waals surface area contributed by atoms with Crippen LogP contribution in [0.5, 0.6) is 0 Å². The van der Waals surface area contributed by atoms with E-state index in [0.29, 0.717) is 32.3 Å². The Bertz CT molecular complexity index is 1910. The molecule has 1 unspecified atom stereocenters. The van der Waals surface area contributed by atoms with Crippen molar-refractivity contribution in [2.24, 2.45) is 0 Å². The van der Waals surface area contributed by atoms with Crippen molar-refractivity contribution in [3.05, 3.63) is 69.7 Å². The topological polar surface area (TPSA) is 124 Å². The molecule has 1 saturated heterocycles. The third-order valence-electron chi connectivity index (χ3n) is 7.33. The maximum absolute atomic E-state index is 14.1. The first-order valence-corrected chi connectivity index (χ1v) is 17.5. The summed E-state index contributed by atoms with van der Waals surface area (Å²) in [7, 11) is -3.51. The molecule has 0 saturated carbocycles. The number of amides is 1. The Morgan fingerprint density at radius 1 is 1.14 bits per heavy atom. The van der Waals surface area contributed by atoms with Crippen LogP contribution in [0.4, 0.5) is 4.79 Å². The molecule has 44 heavy (non-hydrogen) atoms. The second-order valence-electron chi connectivity index (χ2n) is 11.7. The number of hydrogen-bond acceptors (Lipinski definition) is 9. The molecule has 0 bridgehead atoms. The molecule has 0 aliphatic carbocycles. The maximum Gasteiger partial charge on any atom is 0.410 e. The number of thioether (sulfide) groups is 1. The van der Waals surface area contributed by atoms with E-state index in [1.54, 1.807) is 45.2 Å². The third kappa shape index (κ3) is 6.92. The van der Waals surface area contributed by atoms with E-state index in [2.05, 4.69) is 15.0 Å². The molecule has 1 atom stereocenters. The van der Waals surface area contributed by atoms with Gasteiger partial charge in [0, 0.05) is 58.6 Å². The predicted molar refractivity (Wildman–Crippen MR) is 174 cm³/mol. The summed E-state index contributed by atoms with van der Waals surface area (Å²) >= 11 is 8.10. The minimum atomic E-state index is -3.51. The van der Waals surface area contributed by atoms with Gasteiger partial charge in [-0.25, -0.2) is 23.2 Å². The minimum Gasteiger partial charge on any atom is -0.444 e. The number of sulfone groups is 1. The van der Waals surface area contributed by atoms with Crippen molar-refractivity contribution < 1.29 is 17.9 Å². The Kier molecular flexibility index (Phi) is 9.06. The van der Waals surface area contributed by atoms with Gasteiger partial charge in [-0.2, -0.15) is 0 Å². The van der Waals surface area contributed by atoms with Crippen molar-refractivity contribution in [2.45, 2.75) is 56.7 Å². The van der Waals surface area contributed by atoms with Crippen LogP contribution in [-0.2, 0) is 21.1 Å². The van der Waals surface area contributed by atoms with Crippen LogP contribution in [0.2, 0.25) is 5.02 Å². The number of ether oxygens (including phenoxy) is 1. The second kappa shape index (κ2) is 12.5. The first-order valence-electron chi connectivity index (χ1n) is 14.1. The van der Waals surface area contributed by atoms with Crippen molar-refractivity contribution >= 4 is 50.3 Å². The van der Waals surface area contributed by atoms with E-state index in [-0.39, 0.29) is 37.4 Å². The van der Waals surface area contributed by atoms with Crippen molar-refractivity contribution in [1.29, 1.82) is 0 Å². The van der Waals surface area contributed by atoms with Gasteiger partial charge in [-0.15, -0.1) is 0 Å². The monoisotopic (exact) mass is 655 g/mol. The Morgan fingerprint density at radius 3 is 2.59 bits per heavy atom. The molecule has 4 aromatic rings. The predicted octanol–water partition coefficient (Wildman–Crippen LogP) is 5.63. The highest BCUT2D eigenvalue weighted by Crippen LogP contribution is 2.32. The average Bonchev–Trinajstić information content (AvgIpc) is 2.96. The molecule has 1 aliphatic rings. The lowest BCUT2D eigenvalue weighted by atomic mass is 10.0. The van der Waals surface area contributed by atoms with Gasteiger partial charge in [0.1, 0.15) is 11.2 Å². The van der Waals surface area contributed by atoms with E-state index >= 15 is 0 Å². The summed E-state index contributed by atoms with van der Waals surface area (Å²) in [6, 6.07) is 12.9. The van der Waals surface area contributed by atoms with Crippen molar-refractivity contribution in [1.82, 2.24) is 24.4 Å². The number of carbonyl (C=O) groups excluding carboxylic acids is 1. The molecule has 0 N–H and O–H groups in total. The average molecular weight is 656 g/mol. The highest BCUT2D eigenvalue weighted by atomic mass is 35.5. The molecular weight excluding hydrogens is 622 g/mol. The summed E-state index contributed by atoms with van der Waals surface area (Å²) in [4.78, 5) is 41.8. The Hall–Kier alpha value is -3.48. The zero-order chi connectivity index (χ0) is 31.8. The van der Waals surface area contributed by atoms with Gasteiger partial charge in [-0.1, -0.05) is 41.6 Å². The fraction of sp³-hybridized carbons (Fsp3) is 0.387. The van der Waals surface area contributed by atoms with Crippen LogP contribution in [0.25, 0.3) is 33.4 Å². The fourth-order valence-corrected chi connectivity index (χ4v) is 7.43. The number of carbonyl (C=O) groups is 1. The van der Waals surface area contributed by atoms with Crippen molar-refractivity contribution in [3.63, 3.8) is 0 Å². The number of pyridine rings is 2.